The van der Waals surface area contributed by atoms with Crippen molar-refractivity contribution in [2.75, 3.05) is 0 Å². The molecule has 1 aromatic heterocycles. The van der Waals surface area contributed by atoms with E-state index < -0.39 is 17.7 Å². The summed E-state index contributed by atoms with van der Waals surface area (Å²) in [5.74, 6) is -0.498. The van der Waals surface area contributed by atoms with Crippen molar-refractivity contribution in [1.29, 1.82) is 0 Å². The van der Waals surface area contributed by atoms with Gasteiger partial charge in [0.25, 0.3) is 0 Å². The Morgan fingerprint density at radius 3 is 2.66 bits per heavy atom. The zero-order chi connectivity index (χ0) is 23.0. The van der Waals surface area contributed by atoms with Gasteiger partial charge >= 0.3 is 12.1 Å². The van der Waals surface area contributed by atoms with Gasteiger partial charge in [0, 0.05) is 29.1 Å². The topological polar surface area (TPSA) is 60.7 Å². The van der Waals surface area contributed by atoms with Gasteiger partial charge in [0.1, 0.15) is 18.1 Å². The van der Waals surface area contributed by atoms with Crippen molar-refractivity contribution < 1.29 is 32.5 Å². The first-order valence-corrected chi connectivity index (χ1v) is 10.5. The zero-order valence-corrected chi connectivity index (χ0v) is 17.8. The van der Waals surface area contributed by atoms with Crippen molar-refractivity contribution in [3.8, 4) is 11.5 Å². The summed E-state index contributed by atoms with van der Waals surface area (Å²) in [4.78, 5) is 11.1. The van der Waals surface area contributed by atoms with E-state index in [0.29, 0.717) is 11.3 Å². The minimum atomic E-state index is -4.53. The van der Waals surface area contributed by atoms with Crippen molar-refractivity contribution in [1.82, 2.24) is 4.57 Å². The molecule has 0 radical (unpaired) electrons. The standard InChI is InChI=1S/C24H24F3NO4/c1-14(2)32-22-6-3-15(9-19(22)24(25,26)27)13-31-18-4-5-20-17(10-18)11-21-16(12-23(29)30)7-8-28(20)21/h3-6,9-11,14,16H,7-8,12-13H2,1-2H3,(H,29,30)/t16-/m1/s1. The number of benzene rings is 2. The Labute approximate surface area is 183 Å². The highest BCUT2D eigenvalue weighted by Crippen LogP contribution is 2.39. The van der Waals surface area contributed by atoms with Crippen LogP contribution in [0.3, 0.4) is 0 Å². The van der Waals surface area contributed by atoms with Gasteiger partial charge in [-0.2, -0.15) is 13.2 Å². The highest BCUT2D eigenvalue weighted by molar-refractivity contribution is 5.83. The molecule has 0 unspecified atom stereocenters. The summed E-state index contributed by atoms with van der Waals surface area (Å²) in [5.41, 5.74) is 1.55. The van der Waals surface area contributed by atoms with Crippen LogP contribution in [0.4, 0.5) is 13.2 Å². The Balaban J connectivity index is 1.53. The van der Waals surface area contributed by atoms with E-state index in [0.717, 1.165) is 35.6 Å². The number of carboxylic acid groups (broad SMARTS) is 1. The average molecular weight is 447 g/mol. The molecule has 1 aliphatic rings. The monoisotopic (exact) mass is 447 g/mol. The highest BCUT2D eigenvalue weighted by Gasteiger charge is 2.35. The molecule has 0 amide bonds. The van der Waals surface area contributed by atoms with E-state index in [2.05, 4.69) is 4.57 Å². The summed E-state index contributed by atoms with van der Waals surface area (Å²) in [6.07, 6.45) is -4.01. The van der Waals surface area contributed by atoms with Crippen LogP contribution in [0.2, 0.25) is 0 Å². The van der Waals surface area contributed by atoms with E-state index in [1.54, 1.807) is 26.0 Å². The lowest BCUT2D eigenvalue weighted by Crippen LogP contribution is -2.13. The molecule has 2 heterocycles. The van der Waals surface area contributed by atoms with Crippen molar-refractivity contribution in [2.24, 2.45) is 0 Å². The lowest BCUT2D eigenvalue weighted by atomic mass is 10.0. The van der Waals surface area contributed by atoms with Gasteiger partial charge in [-0.05, 0) is 62.2 Å². The van der Waals surface area contributed by atoms with Crippen LogP contribution in [0.25, 0.3) is 10.9 Å². The fourth-order valence-electron chi connectivity index (χ4n) is 4.21. The summed E-state index contributed by atoms with van der Waals surface area (Å²) in [5, 5.41) is 10.0. The molecule has 0 saturated carbocycles. The number of carboxylic acids is 1. The minimum absolute atomic E-state index is 0.0170. The molecular weight excluding hydrogens is 423 g/mol. The van der Waals surface area contributed by atoms with Gasteiger partial charge < -0.3 is 19.1 Å². The normalized spacial score (nSPS) is 15.9. The lowest BCUT2D eigenvalue weighted by molar-refractivity contribution is -0.139. The SMILES string of the molecule is CC(C)Oc1ccc(COc2ccc3c(c2)cc2n3CC[C@@H]2CC(=O)O)cc1C(F)(F)F. The van der Waals surface area contributed by atoms with Gasteiger partial charge in [0.2, 0.25) is 0 Å². The zero-order valence-electron chi connectivity index (χ0n) is 17.8. The summed E-state index contributed by atoms with van der Waals surface area (Å²) in [6, 6.07) is 11.4. The predicted octanol–water partition coefficient (Wildman–Crippen LogP) is 5.99. The molecule has 1 atom stereocenters. The molecule has 170 valence electrons. The summed E-state index contributed by atoms with van der Waals surface area (Å²) in [7, 11) is 0. The summed E-state index contributed by atoms with van der Waals surface area (Å²) >= 11 is 0. The number of ether oxygens (including phenoxy) is 2. The van der Waals surface area contributed by atoms with Gasteiger partial charge in [0.05, 0.1) is 18.1 Å². The Morgan fingerprint density at radius 2 is 1.97 bits per heavy atom. The molecule has 0 aliphatic carbocycles. The van der Waals surface area contributed by atoms with Crippen LogP contribution in [0, 0.1) is 0 Å². The number of aromatic nitrogens is 1. The maximum atomic E-state index is 13.4. The molecule has 0 spiro atoms. The van der Waals surface area contributed by atoms with E-state index in [1.165, 1.54) is 6.07 Å². The predicted molar refractivity (Wildman–Crippen MR) is 113 cm³/mol. The third-order valence-corrected chi connectivity index (χ3v) is 5.56. The third kappa shape index (κ3) is 4.54. The Morgan fingerprint density at radius 1 is 1.19 bits per heavy atom. The number of hydrogen-bond acceptors (Lipinski definition) is 3. The summed E-state index contributed by atoms with van der Waals surface area (Å²) in [6.45, 7) is 4.09. The van der Waals surface area contributed by atoms with Crippen molar-refractivity contribution in [3.63, 3.8) is 0 Å². The molecule has 4 rings (SSSR count). The number of hydrogen-bond donors (Lipinski definition) is 1. The lowest BCUT2D eigenvalue weighted by Gasteiger charge is -2.17. The molecule has 0 saturated heterocycles. The molecule has 1 N–H and O–H groups in total. The van der Waals surface area contributed by atoms with Crippen LogP contribution >= 0.6 is 0 Å². The number of halogens is 3. The smallest absolute Gasteiger partial charge is 0.419 e. The Bertz CT molecular complexity index is 1150. The van der Waals surface area contributed by atoms with E-state index in [9.17, 15) is 18.0 Å². The molecule has 8 heteroatoms. The molecule has 0 fully saturated rings. The largest absolute Gasteiger partial charge is 0.490 e. The Hall–Kier alpha value is -3.16. The first-order chi connectivity index (χ1) is 15.1. The molecule has 3 aromatic rings. The van der Waals surface area contributed by atoms with E-state index in [-0.39, 0.29) is 30.8 Å². The van der Waals surface area contributed by atoms with Crippen molar-refractivity contribution in [2.45, 2.75) is 58.0 Å². The fraction of sp³-hybridized carbons (Fsp3) is 0.375. The molecule has 2 aromatic carbocycles. The second-order valence-electron chi connectivity index (χ2n) is 8.31. The number of aliphatic carboxylic acids is 1. The maximum Gasteiger partial charge on any atom is 0.419 e. The van der Waals surface area contributed by atoms with E-state index >= 15 is 0 Å². The maximum absolute atomic E-state index is 13.4. The van der Waals surface area contributed by atoms with Gasteiger partial charge in [-0.1, -0.05) is 6.07 Å². The fourth-order valence-corrected chi connectivity index (χ4v) is 4.21. The van der Waals surface area contributed by atoms with Gasteiger partial charge in [-0.25, -0.2) is 0 Å². The number of nitrogens with zero attached hydrogens (tertiary/aromatic N) is 1. The third-order valence-electron chi connectivity index (χ3n) is 5.56. The average Bonchev–Trinajstić information content (AvgIpc) is 3.25. The van der Waals surface area contributed by atoms with Gasteiger partial charge in [-0.15, -0.1) is 0 Å². The second-order valence-corrected chi connectivity index (χ2v) is 8.31. The first kappa shape index (κ1) is 22.0. The molecule has 32 heavy (non-hydrogen) atoms. The highest BCUT2D eigenvalue weighted by atomic mass is 19.4. The number of alkyl halides is 3. The van der Waals surface area contributed by atoms with E-state index in [1.807, 2.05) is 18.2 Å². The number of aryl methyl sites for hydroxylation is 1. The number of rotatable bonds is 7. The van der Waals surface area contributed by atoms with Crippen LogP contribution in [0.5, 0.6) is 11.5 Å². The van der Waals surface area contributed by atoms with Crippen LogP contribution in [-0.4, -0.2) is 21.7 Å². The van der Waals surface area contributed by atoms with Crippen LogP contribution in [0.15, 0.2) is 42.5 Å². The molecule has 1 aliphatic heterocycles. The van der Waals surface area contributed by atoms with E-state index in [4.69, 9.17) is 14.6 Å². The second kappa shape index (κ2) is 8.41. The minimum Gasteiger partial charge on any atom is -0.490 e. The quantitative estimate of drug-likeness (QED) is 0.483. The van der Waals surface area contributed by atoms with Crippen LogP contribution in [-0.2, 0) is 24.1 Å². The van der Waals surface area contributed by atoms with Crippen LogP contribution in [0.1, 0.15) is 49.4 Å². The number of fused-ring (bicyclic) bond motifs is 3. The molecule has 5 nitrogen and oxygen atoms in total. The molecule has 0 bridgehead atoms. The van der Waals surface area contributed by atoms with Gasteiger partial charge in [0.15, 0.2) is 0 Å². The molecular formula is C24H24F3NO4. The summed E-state index contributed by atoms with van der Waals surface area (Å²) < 4.78 is 53.5. The van der Waals surface area contributed by atoms with Crippen molar-refractivity contribution in [3.05, 3.63) is 59.3 Å². The Kier molecular flexibility index (Phi) is 5.79. The van der Waals surface area contributed by atoms with Crippen LogP contribution < -0.4 is 9.47 Å². The van der Waals surface area contributed by atoms with Crippen molar-refractivity contribution >= 4 is 16.9 Å². The number of carbonyl (C=O) groups is 1. The van der Waals surface area contributed by atoms with Gasteiger partial charge in [-0.3, -0.25) is 4.79 Å². The first-order valence-electron chi connectivity index (χ1n) is 10.5.